The number of likely N-dealkylation sites (tertiary alicyclic amines) is 1. The summed E-state index contributed by atoms with van der Waals surface area (Å²) < 4.78 is 29.5. The van der Waals surface area contributed by atoms with Crippen molar-refractivity contribution in [2.75, 3.05) is 31.1 Å². The number of carbonyl (C=O) groups excluding carboxylic acids is 1. The summed E-state index contributed by atoms with van der Waals surface area (Å²) in [5.74, 6) is -0.0466. The molecule has 1 saturated heterocycles. The highest BCUT2D eigenvalue weighted by atomic mass is 79.9. The van der Waals surface area contributed by atoms with Gasteiger partial charge >= 0.3 is 0 Å². The van der Waals surface area contributed by atoms with Crippen LogP contribution < -0.4 is 9.62 Å². The van der Waals surface area contributed by atoms with Crippen molar-refractivity contribution in [3.05, 3.63) is 22.2 Å². The summed E-state index contributed by atoms with van der Waals surface area (Å²) >= 11 is 3.42. The number of hydrogen-bond donors (Lipinski definition) is 1. The van der Waals surface area contributed by atoms with E-state index in [1.54, 1.807) is 17.9 Å². The van der Waals surface area contributed by atoms with Gasteiger partial charge in [-0.2, -0.15) is 0 Å². The van der Waals surface area contributed by atoms with Gasteiger partial charge in [-0.05, 0) is 50.4 Å². The number of piperidine rings is 1. The monoisotopic (exact) mass is 457 g/mol. The van der Waals surface area contributed by atoms with Gasteiger partial charge < -0.3 is 4.90 Å². The highest BCUT2D eigenvalue weighted by Gasteiger charge is 2.32. The number of hydrogen-bond acceptors (Lipinski definition) is 4. The average Bonchev–Trinajstić information content (AvgIpc) is 3.05. The average molecular weight is 458 g/mol. The first kappa shape index (κ1) is 20.8. The van der Waals surface area contributed by atoms with E-state index in [2.05, 4.69) is 32.5 Å². The maximum absolute atomic E-state index is 13.0. The molecule has 2 heterocycles. The van der Waals surface area contributed by atoms with Crippen molar-refractivity contribution in [3.8, 4) is 0 Å². The van der Waals surface area contributed by atoms with E-state index in [4.69, 9.17) is 0 Å². The second kappa shape index (κ2) is 8.59. The third kappa shape index (κ3) is 4.55. The zero-order valence-electron chi connectivity index (χ0n) is 16.0. The van der Waals surface area contributed by atoms with Gasteiger partial charge in [-0.25, -0.2) is 13.1 Å². The third-order valence-electron chi connectivity index (χ3n) is 5.52. The van der Waals surface area contributed by atoms with Crippen LogP contribution in [0.15, 0.2) is 21.5 Å². The molecule has 1 atom stereocenters. The molecule has 1 aromatic rings. The Kier molecular flexibility index (Phi) is 6.61. The van der Waals surface area contributed by atoms with Crippen LogP contribution in [0.4, 0.5) is 5.69 Å². The number of sulfonamides is 1. The molecule has 0 spiro atoms. The van der Waals surface area contributed by atoms with Gasteiger partial charge in [-0.1, -0.05) is 29.3 Å². The molecule has 1 amide bonds. The Bertz CT molecular complexity index is 813. The lowest BCUT2D eigenvalue weighted by Crippen LogP contribution is -2.42. The Balaban J connectivity index is 1.79. The van der Waals surface area contributed by atoms with Crippen molar-refractivity contribution >= 4 is 37.5 Å². The Morgan fingerprint density at radius 2 is 2.07 bits per heavy atom. The predicted molar refractivity (Wildman–Crippen MR) is 111 cm³/mol. The second-order valence-corrected chi connectivity index (χ2v) is 9.99. The summed E-state index contributed by atoms with van der Waals surface area (Å²) in [6.07, 6.45) is 4.61. The van der Waals surface area contributed by atoms with Gasteiger partial charge in [0.05, 0.1) is 5.69 Å². The molecule has 0 unspecified atom stereocenters. The fourth-order valence-corrected chi connectivity index (χ4v) is 5.96. The van der Waals surface area contributed by atoms with Crippen LogP contribution >= 0.6 is 15.9 Å². The molecule has 1 aromatic carbocycles. The minimum Gasteiger partial charge on any atom is -0.310 e. The lowest BCUT2D eigenvalue weighted by Gasteiger charge is -2.33. The largest absolute Gasteiger partial charge is 0.310 e. The smallest absolute Gasteiger partial charge is 0.242 e. The highest BCUT2D eigenvalue weighted by molar-refractivity contribution is 9.10. The van der Waals surface area contributed by atoms with E-state index in [9.17, 15) is 13.2 Å². The van der Waals surface area contributed by atoms with Gasteiger partial charge in [-0.3, -0.25) is 9.69 Å². The van der Waals surface area contributed by atoms with E-state index in [0.29, 0.717) is 44.2 Å². The van der Waals surface area contributed by atoms with E-state index in [-0.39, 0.29) is 10.8 Å². The molecule has 27 heavy (non-hydrogen) atoms. The van der Waals surface area contributed by atoms with E-state index < -0.39 is 10.0 Å². The van der Waals surface area contributed by atoms with Crippen molar-refractivity contribution in [1.29, 1.82) is 0 Å². The lowest BCUT2D eigenvalue weighted by atomic mass is 10.0. The van der Waals surface area contributed by atoms with Crippen LogP contribution in [0.3, 0.4) is 0 Å². The molecule has 6 nitrogen and oxygen atoms in total. The molecule has 2 aliphatic heterocycles. The van der Waals surface area contributed by atoms with Gasteiger partial charge in [0, 0.05) is 36.6 Å². The number of rotatable bonds is 6. The van der Waals surface area contributed by atoms with E-state index >= 15 is 0 Å². The van der Waals surface area contributed by atoms with Crippen molar-refractivity contribution in [1.82, 2.24) is 9.62 Å². The van der Waals surface area contributed by atoms with Gasteiger partial charge in [0.15, 0.2) is 0 Å². The Morgan fingerprint density at radius 3 is 2.78 bits per heavy atom. The van der Waals surface area contributed by atoms with Crippen LogP contribution in [0.5, 0.6) is 0 Å². The maximum Gasteiger partial charge on any atom is 0.242 e. The molecule has 1 N–H and O–H groups in total. The fourth-order valence-electron chi connectivity index (χ4n) is 4.01. The van der Waals surface area contributed by atoms with Crippen molar-refractivity contribution in [3.63, 3.8) is 0 Å². The minimum absolute atomic E-state index is 0.0466. The zero-order valence-corrected chi connectivity index (χ0v) is 18.4. The van der Waals surface area contributed by atoms with Gasteiger partial charge in [0.1, 0.15) is 4.90 Å². The molecule has 0 aliphatic carbocycles. The summed E-state index contributed by atoms with van der Waals surface area (Å²) in [4.78, 5) is 16.4. The number of fused-ring (bicyclic) bond motifs is 1. The topological polar surface area (TPSA) is 69.7 Å². The zero-order chi connectivity index (χ0) is 19.6. The molecule has 2 aliphatic rings. The summed E-state index contributed by atoms with van der Waals surface area (Å²) in [7, 11) is -3.70. The molecular formula is C19H28BrN3O3S. The molecule has 0 saturated carbocycles. The molecule has 0 radical (unpaired) electrons. The van der Waals surface area contributed by atoms with Gasteiger partial charge in [0.25, 0.3) is 0 Å². The minimum atomic E-state index is -3.70. The fraction of sp³-hybridized carbons (Fsp3) is 0.632. The van der Waals surface area contributed by atoms with Crippen LogP contribution in [-0.2, 0) is 21.2 Å². The summed E-state index contributed by atoms with van der Waals surface area (Å²) in [6.45, 7) is 6.62. The second-order valence-electron chi connectivity index (χ2n) is 7.34. The molecule has 1 fully saturated rings. The van der Waals surface area contributed by atoms with Crippen molar-refractivity contribution in [2.45, 2.75) is 56.9 Å². The molecule has 3 rings (SSSR count). The number of halogens is 1. The Hall–Kier alpha value is -0.960. The van der Waals surface area contributed by atoms with Crippen LogP contribution in [0, 0.1) is 0 Å². The molecule has 0 bridgehead atoms. The van der Waals surface area contributed by atoms with Crippen LogP contribution in [0.1, 0.15) is 45.1 Å². The summed E-state index contributed by atoms with van der Waals surface area (Å²) in [5, 5.41) is 0. The Morgan fingerprint density at radius 1 is 1.30 bits per heavy atom. The predicted octanol–water partition coefficient (Wildman–Crippen LogP) is 2.90. The lowest BCUT2D eigenvalue weighted by molar-refractivity contribution is -0.118. The van der Waals surface area contributed by atoms with E-state index in [0.717, 1.165) is 16.6 Å². The number of carbonyl (C=O) groups is 1. The van der Waals surface area contributed by atoms with Crippen LogP contribution in [0.2, 0.25) is 0 Å². The standard InChI is InChI=1S/C19H28BrN3O3S/c1-3-18(24)23-10-7-15-12-16(20)13-17(19(15)23)27(25,26)21-8-11-22-9-5-4-6-14(22)2/h12-14,21H,3-11H2,1-2H3/t14-/m1/s1. The first-order valence-electron chi connectivity index (χ1n) is 9.70. The van der Waals surface area contributed by atoms with E-state index in [1.807, 2.05) is 6.07 Å². The van der Waals surface area contributed by atoms with Crippen molar-refractivity contribution in [2.24, 2.45) is 0 Å². The maximum atomic E-state index is 13.0. The number of nitrogens with zero attached hydrogens (tertiary/aromatic N) is 2. The first-order valence-corrected chi connectivity index (χ1v) is 12.0. The van der Waals surface area contributed by atoms with Gasteiger partial charge in [0.2, 0.25) is 15.9 Å². The van der Waals surface area contributed by atoms with Crippen LogP contribution in [-0.4, -0.2) is 51.4 Å². The first-order chi connectivity index (χ1) is 12.8. The van der Waals surface area contributed by atoms with E-state index in [1.165, 1.54) is 19.3 Å². The SMILES string of the molecule is CCC(=O)N1CCc2cc(Br)cc(S(=O)(=O)NCCN3CCCC[C@H]3C)c21. The summed E-state index contributed by atoms with van der Waals surface area (Å²) in [6, 6.07) is 4.01. The number of anilines is 1. The number of benzene rings is 1. The number of amides is 1. The highest BCUT2D eigenvalue weighted by Crippen LogP contribution is 2.37. The number of nitrogens with one attached hydrogen (secondary N) is 1. The normalized spacial score (nSPS) is 20.7. The molecule has 0 aromatic heterocycles. The van der Waals surface area contributed by atoms with Crippen molar-refractivity contribution < 1.29 is 13.2 Å². The van der Waals surface area contributed by atoms with Gasteiger partial charge in [-0.15, -0.1) is 0 Å². The molecule has 150 valence electrons. The Labute approximate surface area is 170 Å². The van der Waals surface area contributed by atoms with Crippen LogP contribution in [0.25, 0.3) is 0 Å². The molecule has 8 heteroatoms. The summed E-state index contributed by atoms with van der Waals surface area (Å²) in [5.41, 5.74) is 1.44. The third-order valence-corrected chi connectivity index (χ3v) is 7.45. The molecular weight excluding hydrogens is 430 g/mol. The quantitative estimate of drug-likeness (QED) is 0.712.